The molecule has 0 aliphatic carbocycles. The van der Waals surface area contributed by atoms with Gasteiger partial charge in [-0.3, -0.25) is 4.79 Å². The molecule has 2 aromatic heterocycles. The lowest BCUT2D eigenvalue weighted by Gasteiger charge is -2.41. The summed E-state index contributed by atoms with van der Waals surface area (Å²) in [5.41, 5.74) is 1.23. The number of hydrogen-bond acceptors (Lipinski definition) is 6. The minimum atomic E-state index is -3.36. The van der Waals surface area contributed by atoms with Gasteiger partial charge in [0.15, 0.2) is 9.84 Å². The molecule has 0 radical (unpaired) electrons. The van der Waals surface area contributed by atoms with Crippen molar-refractivity contribution in [2.24, 2.45) is 0 Å². The lowest BCUT2D eigenvalue weighted by atomic mass is 10.1. The fourth-order valence-corrected chi connectivity index (χ4v) is 5.19. The Morgan fingerprint density at radius 2 is 1.90 bits per heavy atom. The molecule has 0 spiro atoms. The van der Waals surface area contributed by atoms with Gasteiger partial charge < -0.3 is 14.8 Å². The second-order valence-electron chi connectivity index (χ2n) is 7.74. The Kier molecular flexibility index (Phi) is 4.09. The van der Waals surface area contributed by atoms with Gasteiger partial charge in [0, 0.05) is 31.1 Å². The maximum absolute atomic E-state index is 13.2. The molecule has 9 heteroatoms. The number of hydrogen-bond donors (Lipinski definition) is 1. The number of carbonyl (C=O) groups excluding carboxylic acids is 1. The van der Waals surface area contributed by atoms with Gasteiger partial charge in [-0.1, -0.05) is 6.07 Å². The number of carbonyl (C=O) groups is 1. The molecule has 2 unspecified atom stereocenters. The summed E-state index contributed by atoms with van der Waals surface area (Å²) < 4.78 is 23.7. The first-order valence-corrected chi connectivity index (χ1v) is 11.5. The van der Waals surface area contributed by atoms with E-state index in [2.05, 4.69) is 19.9 Å². The van der Waals surface area contributed by atoms with Crippen molar-refractivity contribution in [1.29, 1.82) is 0 Å². The van der Waals surface area contributed by atoms with Gasteiger partial charge in [0.1, 0.15) is 17.8 Å². The molecule has 2 aliphatic heterocycles. The Bertz CT molecular complexity index is 1190. The number of aromatic amines is 1. The first kappa shape index (κ1) is 18.1. The molecule has 3 aromatic rings. The van der Waals surface area contributed by atoms with Crippen molar-refractivity contribution in [1.82, 2.24) is 19.9 Å². The summed E-state index contributed by atoms with van der Waals surface area (Å²) in [4.78, 5) is 29.4. The van der Waals surface area contributed by atoms with E-state index in [-0.39, 0.29) is 22.9 Å². The largest absolute Gasteiger partial charge is 0.352 e. The van der Waals surface area contributed by atoms with E-state index in [9.17, 15) is 13.2 Å². The number of H-pyrrole nitrogens is 1. The number of fused-ring (bicyclic) bond motifs is 3. The second-order valence-corrected chi connectivity index (χ2v) is 9.76. The van der Waals surface area contributed by atoms with Gasteiger partial charge in [-0.05, 0) is 37.1 Å². The van der Waals surface area contributed by atoms with Crippen LogP contribution in [0.4, 0.5) is 5.82 Å². The molecule has 1 amide bonds. The fraction of sp³-hybridized carbons (Fsp3) is 0.350. The molecule has 2 atom stereocenters. The van der Waals surface area contributed by atoms with Crippen LogP contribution < -0.4 is 4.90 Å². The lowest BCUT2D eigenvalue weighted by Crippen LogP contribution is -2.56. The van der Waals surface area contributed by atoms with Crippen LogP contribution in [-0.2, 0) is 9.84 Å². The van der Waals surface area contributed by atoms with Crippen molar-refractivity contribution in [3.63, 3.8) is 0 Å². The molecule has 29 heavy (non-hydrogen) atoms. The third kappa shape index (κ3) is 3.05. The van der Waals surface area contributed by atoms with Crippen LogP contribution in [0.25, 0.3) is 11.0 Å². The highest BCUT2D eigenvalue weighted by molar-refractivity contribution is 7.90. The van der Waals surface area contributed by atoms with Crippen molar-refractivity contribution >= 4 is 32.6 Å². The molecule has 8 nitrogen and oxygen atoms in total. The molecule has 5 rings (SSSR count). The maximum Gasteiger partial charge on any atom is 0.254 e. The van der Waals surface area contributed by atoms with Crippen LogP contribution in [0.5, 0.6) is 0 Å². The van der Waals surface area contributed by atoms with Gasteiger partial charge in [0.05, 0.1) is 22.4 Å². The van der Waals surface area contributed by atoms with E-state index in [0.717, 1.165) is 35.9 Å². The highest BCUT2D eigenvalue weighted by Gasteiger charge is 2.43. The first-order chi connectivity index (χ1) is 13.9. The number of sulfone groups is 1. The third-order valence-corrected chi connectivity index (χ3v) is 6.97. The van der Waals surface area contributed by atoms with Crippen molar-refractivity contribution in [2.75, 3.05) is 24.2 Å². The quantitative estimate of drug-likeness (QED) is 0.706. The highest BCUT2D eigenvalue weighted by atomic mass is 32.2. The fourth-order valence-electron chi connectivity index (χ4n) is 4.53. The average Bonchev–Trinajstić information content (AvgIpc) is 3.28. The molecular weight excluding hydrogens is 390 g/mol. The monoisotopic (exact) mass is 411 g/mol. The standard InChI is InChI=1S/C20H21N5O3S/c1-29(27,28)16-4-2-3-13(9-16)20(26)25-14-5-6-15(25)11-24(10-14)19-17-7-8-21-18(17)22-12-23-19/h2-4,7-9,12,14-15H,5-6,10-11H2,1H3,(H,21,22,23). The molecule has 2 aliphatic rings. The number of amides is 1. The molecule has 2 saturated heterocycles. The molecule has 150 valence electrons. The van der Waals surface area contributed by atoms with Gasteiger partial charge in [0.25, 0.3) is 5.91 Å². The minimum Gasteiger partial charge on any atom is -0.352 e. The van der Waals surface area contributed by atoms with E-state index < -0.39 is 9.84 Å². The number of nitrogens with zero attached hydrogens (tertiary/aromatic N) is 4. The topological polar surface area (TPSA) is 99.3 Å². The van der Waals surface area contributed by atoms with Crippen LogP contribution in [0.3, 0.4) is 0 Å². The Morgan fingerprint density at radius 1 is 1.14 bits per heavy atom. The number of rotatable bonds is 3. The normalized spacial score (nSPS) is 21.7. The van der Waals surface area contributed by atoms with E-state index in [1.54, 1.807) is 18.5 Å². The predicted molar refractivity (Wildman–Crippen MR) is 109 cm³/mol. The molecule has 2 bridgehead atoms. The Labute approximate surface area is 168 Å². The Morgan fingerprint density at radius 3 is 2.62 bits per heavy atom. The van der Waals surface area contributed by atoms with Crippen molar-refractivity contribution < 1.29 is 13.2 Å². The van der Waals surface area contributed by atoms with Crippen molar-refractivity contribution in [3.8, 4) is 0 Å². The zero-order valence-corrected chi connectivity index (χ0v) is 16.8. The molecule has 1 aromatic carbocycles. The average molecular weight is 411 g/mol. The van der Waals surface area contributed by atoms with Crippen LogP contribution in [0, 0.1) is 0 Å². The smallest absolute Gasteiger partial charge is 0.254 e. The zero-order chi connectivity index (χ0) is 20.2. The van der Waals surface area contributed by atoms with Gasteiger partial charge in [0.2, 0.25) is 0 Å². The number of aromatic nitrogens is 3. The van der Waals surface area contributed by atoms with Gasteiger partial charge in [-0.15, -0.1) is 0 Å². The summed E-state index contributed by atoms with van der Waals surface area (Å²) in [6.45, 7) is 1.40. The van der Waals surface area contributed by atoms with Crippen molar-refractivity contribution in [2.45, 2.75) is 29.8 Å². The molecule has 2 fully saturated rings. The Balaban J connectivity index is 1.42. The van der Waals surface area contributed by atoms with E-state index in [0.29, 0.717) is 18.7 Å². The summed E-state index contributed by atoms with van der Waals surface area (Å²) in [5.74, 6) is 0.788. The van der Waals surface area contributed by atoms with Crippen molar-refractivity contribution in [3.05, 3.63) is 48.4 Å². The number of benzene rings is 1. The first-order valence-electron chi connectivity index (χ1n) is 9.57. The van der Waals surface area contributed by atoms with Crippen LogP contribution in [-0.4, -0.2) is 65.6 Å². The number of nitrogens with one attached hydrogen (secondary N) is 1. The van der Waals surface area contributed by atoms with Crippen LogP contribution >= 0.6 is 0 Å². The number of piperazine rings is 1. The SMILES string of the molecule is CS(=O)(=O)c1cccc(C(=O)N2C3CCC2CN(c2ncnc4[nH]ccc24)C3)c1. The highest BCUT2D eigenvalue weighted by Crippen LogP contribution is 2.35. The summed E-state index contributed by atoms with van der Waals surface area (Å²) in [5, 5.41) is 0.979. The zero-order valence-electron chi connectivity index (χ0n) is 15.9. The number of anilines is 1. The minimum absolute atomic E-state index is 0.0760. The summed E-state index contributed by atoms with van der Waals surface area (Å²) in [6, 6.07) is 8.45. The summed E-state index contributed by atoms with van der Waals surface area (Å²) >= 11 is 0. The van der Waals surface area contributed by atoms with E-state index in [1.165, 1.54) is 12.1 Å². The third-order valence-electron chi connectivity index (χ3n) is 5.86. The molecular formula is C20H21N5O3S. The Hall–Kier alpha value is -2.94. The molecule has 0 saturated carbocycles. The lowest BCUT2D eigenvalue weighted by molar-refractivity contribution is 0.0641. The van der Waals surface area contributed by atoms with E-state index in [4.69, 9.17) is 0 Å². The summed E-state index contributed by atoms with van der Waals surface area (Å²) in [7, 11) is -3.36. The van der Waals surface area contributed by atoms with Crippen LogP contribution in [0.1, 0.15) is 23.2 Å². The van der Waals surface area contributed by atoms with Gasteiger partial charge >= 0.3 is 0 Å². The predicted octanol–water partition coefficient (Wildman–Crippen LogP) is 1.85. The molecule has 1 N–H and O–H groups in total. The van der Waals surface area contributed by atoms with Gasteiger partial charge in [-0.2, -0.15) is 0 Å². The maximum atomic E-state index is 13.2. The molecule has 4 heterocycles. The van der Waals surface area contributed by atoms with Crippen LogP contribution in [0.15, 0.2) is 47.8 Å². The second kappa shape index (κ2) is 6.55. The summed E-state index contributed by atoms with van der Waals surface area (Å²) in [6.07, 6.45) is 6.43. The van der Waals surface area contributed by atoms with Crippen LogP contribution in [0.2, 0.25) is 0 Å². The van der Waals surface area contributed by atoms with Gasteiger partial charge in [-0.25, -0.2) is 18.4 Å². The van der Waals surface area contributed by atoms with E-state index >= 15 is 0 Å². The van der Waals surface area contributed by atoms with E-state index in [1.807, 2.05) is 17.2 Å².